The van der Waals surface area contributed by atoms with Gasteiger partial charge in [0.2, 0.25) is 23.6 Å². The van der Waals surface area contributed by atoms with E-state index in [1.54, 1.807) is 42.8 Å². The van der Waals surface area contributed by atoms with Crippen LogP contribution in [0.2, 0.25) is 0 Å². The zero-order valence-electron chi connectivity index (χ0n) is 14.3. The van der Waals surface area contributed by atoms with Crippen LogP contribution in [0.25, 0.3) is 10.8 Å². The van der Waals surface area contributed by atoms with E-state index in [4.69, 9.17) is 4.42 Å². The maximum atomic E-state index is 12.2. The highest BCUT2D eigenvalue weighted by molar-refractivity contribution is 6.06. The standard InChI is InChI=1S/C19H17N3O5/c23-15-7-6-14(17(24)21-15)22-18(25)13-5-1-3-11(16(13)19(22)26)9-20-10-12-4-2-8-27-12/h1-5,8-9,14,25-26H,6-7,10H2,(H,21,23,24). The Hall–Kier alpha value is -3.55. The summed E-state index contributed by atoms with van der Waals surface area (Å²) in [6.45, 7) is 0.337. The minimum absolute atomic E-state index is 0.140. The van der Waals surface area contributed by atoms with Crippen molar-refractivity contribution in [3.8, 4) is 11.8 Å². The summed E-state index contributed by atoms with van der Waals surface area (Å²) in [7, 11) is 0. The molecule has 1 aliphatic heterocycles. The van der Waals surface area contributed by atoms with Crippen LogP contribution in [-0.2, 0) is 16.1 Å². The number of carbonyl (C=O) groups is 2. The molecule has 1 aromatic carbocycles. The SMILES string of the molecule is O=C1CCC(n2c(O)c3cccc(C=NCc4ccco4)c3c2O)C(=O)N1. The Kier molecular flexibility index (Phi) is 4.15. The molecule has 2 amide bonds. The van der Waals surface area contributed by atoms with E-state index in [0.717, 1.165) is 4.57 Å². The van der Waals surface area contributed by atoms with Crippen LogP contribution in [0.4, 0.5) is 0 Å². The van der Waals surface area contributed by atoms with E-state index >= 15 is 0 Å². The lowest BCUT2D eigenvalue weighted by atomic mass is 10.1. The van der Waals surface area contributed by atoms with Gasteiger partial charge in [-0.15, -0.1) is 0 Å². The number of fused-ring (bicyclic) bond motifs is 1. The molecule has 1 aliphatic rings. The van der Waals surface area contributed by atoms with Crippen LogP contribution in [0.3, 0.4) is 0 Å². The summed E-state index contributed by atoms with van der Waals surface area (Å²) in [5.74, 6) is -0.676. The smallest absolute Gasteiger partial charge is 0.249 e. The molecular weight excluding hydrogens is 350 g/mol. The van der Waals surface area contributed by atoms with E-state index in [1.807, 2.05) is 0 Å². The Balaban J connectivity index is 1.74. The van der Waals surface area contributed by atoms with Crippen molar-refractivity contribution in [2.24, 2.45) is 4.99 Å². The van der Waals surface area contributed by atoms with E-state index in [2.05, 4.69) is 10.3 Å². The number of piperidine rings is 1. The van der Waals surface area contributed by atoms with Crippen molar-refractivity contribution in [1.29, 1.82) is 0 Å². The fraction of sp³-hybridized carbons (Fsp3) is 0.211. The minimum Gasteiger partial charge on any atom is -0.494 e. The second-order valence-corrected chi connectivity index (χ2v) is 6.30. The molecule has 0 bridgehead atoms. The molecule has 1 fully saturated rings. The molecule has 0 radical (unpaired) electrons. The number of nitrogens with one attached hydrogen (secondary N) is 1. The topological polar surface area (TPSA) is 117 Å². The van der Waals surface area contributed by atoms with Crippen molar-refractivity contribution >= 4 is 28.8 Å². The van der Waals surface area contributed by atoms with Gasteiger partial charge >= 0.3 is 0 Å². The number of benzene rings is 1. The number of furan rings is 1. The number of rotatable bonds is 4. The van der Waals surface area contributed by atoms with Crippen LogP contribution in [-0.4, -0.2) is 32.8 Å². The van der Waals surface area contributed by atoms with Crippen LogP contribution in [0.15, 0.2) is 46.0 Å². The highest BCUT2D eigenvalue weighted by Gasteiger charge is 2.33. The van der Waals surface area contributed by atoms with Gasteiger partial charge in [-0.25, -0.2) is 0 Å². The highest BCUT2D eigenvalue weighted by atomic mass is 16.3. The third-order valence-electron chi connectivity index (χ3n) is 4.60. The van der Waals surface area contributed by atoms with Crippen molar-refractivity contribution in [3.05, 3.63) is 47.9 Å². The molecular formula is C19H17N3O5. The van der Waals surface area contributed by atoms with Gasteiger partial charge in [0.05, 0.1) is 18.2 Å². The first kappa shape index (κ1) is 16.9. The molecule has 0 spiro atoms. The third kappa shape index (κ3) is 2.95. The molecule has 1 unspecified atom stereocenters. The number of imide groups is 1. The Labute approximate surface area is 153 Å². The lowest BCUT2D eigenvalue weighted by Crippen LogP contribution is -2.41. The van der Waals surface area contributed by atoms with Crippen molar-refractivity contribution in [3.63, 3.8) is 0 Å². The Bertz CT molecular complexity index is 1050. The summed E-state index contributed by atoms with van der Waals surface area (Å²) >= 11 is 0. The Morgan fingerprint density at radius 1 is 1.22 bits per heavy atom. The molecule has 3 heterocycles. The van der Waals surface area contributed by atoms with Gasteiger partial charge in [0, 0.05) is 23.6 Å². The molecule has 4 rings (SSSR count). The molecule has 3 N–H and O–H groups in total. The van der Waals surface area contributed by atoms with Gasteiger partial charge in [0.15, 0.2) is 0 Å². The number of hydrogen-bond donors (Lipinski definition) is 3. The Morgan fingerprint density at radius 2 is 2.07 bits per heavy atom. The molecule has 3 aromatic rings. The van der Waals surface area contributed by atoms with Gasteiger partial charge in [0.1, 0.15) is 11.8 Å². The first-order valence-electron chi connectivity index (χ1n) is 8.47. The first-order valence-corrected chi connectivity index (χ1v) is 8.47. The van der Waals surface area contributed by atoms with Gasteiger partial charge in [-0.05, 0) is 24.6 Å². The zero-order chi connectivity index (χ0) is 19.0. The second kappa shape index (κ2) is 6.64. The highest BCUT2D eigenvalue weighted by Crippen LogP contribution is 2.41. The maximum Gasteiger partial charge on any atom is 0.249 e. The van der Waals surface area contributed by atoms with E-state index in [-0.39, 0.29) is 30.5 Å². The summed E-state index contributed by atoms with van der Waals surface area (Å²) < 4.78 is 6.39. The molecule has 0 saturated carbocycles. The summed E-state index contributed by atoms with van der Waals surface area (Å²) in [5, 5.41) is 24.3. The van der Waals surface area contributed by atoms with Gasteiger partial charge in [-0.1, -0.05) is 12.1 Å². The summed E-state index contributed by atoms with van der Waals surface area (Å²) in [4.78, 5) is 27.8. The summed E-state index contributed by atoms with van der Waals surface area (Å²) in [6, 6.07) is 7.85. The van der Waals surface area contributed by atoms with Crippen molar-refractivity contribution in [2.45, 2.75) is 25.4 Å². The van der Waals surface area contributed by atoms with E-state index in [1.165, 1.54) is 0 Å². The molecule has 2 aromatic heterocycles. The average Bonchev–Trinajstić information content (AvgIpc) is 3.24. The first-order chi connectivity index (χ1) is 13.1. The van der Waals surface area contributed by atoms with E-state index in [0.29, 0.717) is 28.6 Å². The zero-order valence-corrected chi connectivity index (χ0v) is 14.3. The molecule has 0 aliphatic carbocycles. The third-order valence-corrected chi connectivity index (χ3v) is 4.60. The van der Waals surface area contributed by atoms with Crippen molar-refractivity contribution in [2.75, 3.05) is 0 Å². The van der Waals surface area contributed by atoms with Crippen LogP contribution >= 0.6 is 0 Å². The molecule has 27 heavy (non-hydrogen) atoms. The second-order valence-electron chi connectivity index (χ2n) is 6.30. The van der Waals surface area contributed by atoms with Gasteiger partial charge in [-0.3, -0.25) is 24.5 Å². The molecule has 8 nitrogen and oxygen atoms in total. The largest absolute Gasteiger partial charge is 0.494 e. The molecule has 138 valence electrons. The van der Waals surface area contributed by atoms with Gasteiger partial charge < -0.3 is 14.6 Å². The lowest BCUT2D eigenvalue weighted by molar-refractivity contribution is -0.135. The van der Waals surface area contributed by atoms with Gasteiger partial charge in [0.25, 0.3) is 0 Å². The van der Waals surface area contributed by atoms with Crippen LogP contribution < -0.4 is 5.32 Å². The fourth-order valence-corrected chi connectivity index (χ4v) is 3.32. The van der Waals surface area contributed by atoms with E-state index < -0.39 is 11.9 Å². The Morgan fingerprint density at radius 3 is 2.81 bits per heavy atom. The number of carbonyl (C=O) groups excluding carboxylic acids is 2. The summed E-state index contributed by atoms with van der Waals surface area (Å²) in [6.07, 6.45) is 3.49. The lowest BCUT2D eigenvalue weighted by Gasteiger charge is -2.23. The number of aromatic nitrogens is 1. The normalized spacial score (nSPS) is 17.7. The van der Waals surface area contributed by atoms with E-state index in [9.17, 15) is 19.8 Å². The van der Waals surface area contributed by atoms with Crippen molar-refractivity contribution < 1.29 is 24.2 Å². The average molecular weight is 367 g/mol. The molecule has 8 heteroatoms. The molecule has 1 atom stereocenters. The van der Waals surface area contributed by atoms with Crippen LogP contribution in [0.1, 0.15) is 30.2 Å². The number of nitrogens with zero attached hydrogens (tertiary/aromatic N) is 2. The van der Waals surface area contributed by atoms with Crippen molar-refractivity contribution in [1.82, 2.24) is 9.88 Å². The predicted molar refractivity (Wildman–Crippen MR) is 96.7 cm³/mol. The number of aromatic hydroxyl groups is 2. The number of hydrogen-bond acceptors (Lipinski definition) is 6. The van der Waals surface area contributed by atoms with Gasteiger partial charge in [-0.2, -0.15) is 0 Å². The quantitative estimate of drug-likeness (QED) is 0.483. The minimum atomic E-state index is -0.858. The maximum absolute atomic E-state index is 12.2. The summed E-state index contributed by atoms with van der Waals surface area (Å²) in [5.41, 5.74) is 0.595. The predicted octanol–water partition coefficient (Wildman–Crippen LogP) is 2.24. The van der Waals surface area contributed by atoms with Crippen LogP contribution in [0, 0.1) is 0 Å². The fourth-order valence-electron chi connectivity index (χ4n) is 3.32. The molecule has 1 saturated heterocycles. The van der Waals surface area contributed by atoms with Crippen LogP contribution in [0.5, 0.6) is 11.8 Å². The number of amides is 2. The monoisotopic (exact) mass is 367 g/mol. The number of aliphatic imine (C=N–C) groups is 1.